The average Bonchev–Trinajstić information content (AvgIpc) is 3.58. The lowest BCUT2D eigenvalue weighted by Crippen LogP contribution is -2.54. The van der Waals surface area contributed by atoms with Crippen LogP contribution in [0.2, 0.25) is 0 Å². The smallest absolute Gasteiger partial charge is 0.408 e. The molecule has 3 N–H and O–H groups in total. The normalized spacial score (nSPS) is 29.6. The van der Waals surface area contributed by atoms with Crippen LogP contribution in [0.5, 0.6) is 0 Å². The summed E-state index contributed by atoms with van der Waals surface area (Å²) in [6.45, 7) is 4.69. The molecule has 1 aromatic rings. The molecule has 2 aliphatic rings. The Hall–Kier alpha value is -2.90. The molecule has 1 heterocycles. The summed E-state index contributed by atoms with van der Waals surface area (Å²) in [4.78, 5) is 49.7. The quantitative estimate of drug-likeness (QED) is 0.568. The lowest BCUT2D eigenvalue weighted by Gasteiger charge is -2.23. The molecule has 1 saturated carbocycles. The molecule has 4 atom stereocenters. The Bertz CT molecular complexity index is 875. The monoisotopic (exact) mass is 485 g/mol. The van der Waals surface area contributed by atoms with Gasteiger partial charge in [0.15, 0.2) is 0 Å². The van der Waals surface area contributed by atoms with Gasteiger partial charge in [-0.15, -0.1) is 0 Å². The van der Waals surface area contributed by atoms with Crippen molar-refractivity contribution in [3.63, 3.8) is 0 Å². The summed E-state index contributed by atoms with van der Waals surface area (Å²) in [5.41, 5.74) is 0.0306. The first-order valence-corrected chi connectivity index (χ1v) is 12.9. The van der Waals surface area contributed by atoms with Crippen LogP contribution in [0, 0.1) is 11.8 Å². The third-order valence-electron chi connectivity index (χ3n) is 7.19. The maximum atomic E-state index is 13.2. The molecule has 1 aromatic carbocycles. The van der Waals surface area contributed by atoms with Crippen molar-refractivity contribution >= 4 is 24.2 Å². The molecule has 1 spiro atoms. The molecule has 0 radical (unpaired) electrons. The molecule has 1 saturated heterocycles. The number of amides is 3. The number of hydrogen-bond acceptors (Lipinski definition) is 5. The number of nitrogens with one attached hydrogen (secondary N) is 3. The van der Waals surface area contributed by atoms with Crippen LogP contribution < -0.4 is 16.0 Å². The van der Waals surface area contributed by atoms with Crippen molar-refractivity contribution in [3.8, 4) is 0 Å². The zero-order valence-corrected chi connectivity index (χ0v) is 20.9. The molecule has 8 nitrogen and oxygen atoms in total. The molecule has 0 aromatic heterocycles. The third kappa shape index (κ3) is 7.54. The van der Waals surface area contributed by atoms with Gasteiger partial charge in [-0.3, -0.25) is 9.59 Å². The second kappa shape index (κ2) is 12.7. The number of hydrogen-bond donors (Lipinski definition) is 3. The summed E-state index contributed by atoms with van der Waals surface area (Å²) in [5, 5.41) is 8.53. The molecule has 3 rings (SSSR count). The molecule has 3 amide bonds. The van der Waals surface area contributed by atoms with Crippen molar-refractivity contribution in [2.45, 2.75) is 82.7 Å². The summed E-state index contributed by atoms with van der Waals surface area (Å²) in [6, 6.07) is 9.26. The van der Waals surface area contributed by atoms with Gasteiger partial charge in [-0.1, -0.05) is 57.0 Å². The van der Waals surface area contributed by atoms with Gasteiger partial charge in [0.25, 0.3) is 0 Å². The first-order valence-electron chi connectivity index (χ1n) is 12.9. The molecule has 192 valence electrons. The van der Waals surface area contributed by atoms with E-state index in [1.165, 1.54) is 0 Å². The van der Waals surface area contributed by atoms with E-state index in [4.69, 9.17) is 4.74 Å². The molecule has 0 bridgehead atoms. The van der Waals surface area contributed by atoms with Gasteiger partial charge in [-0.2, -0.15) is 0 Å². The Labute approximate surface area is 207 Å². The van der Waals surface area contributed by atoms with Crippen LogP contribution in [0.25, 0.3) is 0 Å². The maximum Gasteiger partial charge on any atom is 0.408 e. The van der Waals surface area contributed by atoms with Crippen LogP contribution in [0.4, 0.5) is 4.79 Å². The van der Waals surface area contributed by atoms with E-state index in [1.807, 2.05) is 44.2 Å². The maximum absolute atomic E-state index is 13.2. The largest absolute Gasteiger partial charge is 0.449 e. The van der Waals surface area contributed by atoms with E-state index in [-0.39, 0.29) is 36.2 Å². The molecule has 3 unspecified atom stereocenters. The summed E-state index contributed by atoms with van der Waals surface area (Å²) >= 11 is 0. The van der Waals surface area contributed by atoms with E-state index in [9.17, 15) is 19.2 Å². The SMILES string of the molecule is CC(C)C1CC12NC(=O)OCC(c1ccccc1)CCCCCC(=O)NCCC[C@@H](C=O)NC2=O. The Morgan fingerprint density at radius 2 is 1.80 bits per heavy atom. The summed E-state index contributed by atoms with van der Waals surface area (Å²) in [7, 11) is 0. The Morgan fingerprint density at radius 3 is 2.49 bits per heavy atom. The highest BCUT2D eigenvalue weighted by Crippen LogP contribution is 2.48. The Balaban J connectivity index is 1.74. The highest BCUT2D eigenvalue weighted by molar-refractivity contribution is 5.95. The number of carbonyl (C=O) groups excluding carboxylic acids is 4. The predicted octanol–water partition coefficient (Wildman–Crippen LogP) is 3.46. The lowest BCUT2D eigenvalue weighted by molar-refractivity contribution is -0.127. The van der Waals surface area contributed by atoms with Gasteiger partial charge in [0.05, 0.1) is 6.04 Å². The minimum absolute atomic E-state index is 0.00375. The van der Waals surface area contributed by atoms with Crippen molar-refractivity contribution in [2.24, 2.45) is 11.8 Å². The molecule has 2 fully saturated rings. The summed E-state index contributed by atoms with van der Waals surface area (Å²) in [5.74, 6) is -0.164. The van der Waals surface area contributed by atoms with Crippen LogP contribution >= 0.6 is 0 Å². The zero-order chi connectivity index (χ0) is 25.3. The van der Waals surface area contributed by atoms with Gasteiger partial charge >= 0.3 is 6.09 Å². The van der Waals surface area contributed by atoms with Crippen LogP contribution in [0.15, 0.2) is 30.3 Å². The van der Waals surface area contributed by atoms with Crippen LogP contribution in [0.3, 0.4) is 0 Å². The second-order valence-electron chi connectivity index (χ2n) is 10.2. The first-order chi connectivity index (χ1) is 16.9. The number of rotatable bonds is 3. The zero-order valence-electron chi connectivity index (χ0n) is 20.9. The summed E-state index contributed by atoms with van der Waals surface area (Å²) < 4.78 is 5.63. The molecule has 1 aliphatic heterocycles. The van der Waals surface area contributed by atoms with Crippen LogP contribution in [-0.2, 0) is 19.1 Å². The Morgan fingerprint density at radius 1 is 1.03 bits per heavy atom. The average molecular weight is 486 g/mol. The highest BCUT2D eigenvalue weighted by Gasteiger charge is 2.62. The minimum Gasteiger partial charge on any atom is -0.449 e. The standard InChI is InChI=1S/C27H39N3O5/c1-19(2)23-16-27(23)25(33)29-22(17-31)13-9-15-28-24(32)14-8-4-7-12-21(18-35-26(34)30-27)20-10-5-3-6-11-20/h3,5-6,10-11,17,19,21-23H,4,7-9,12-16,18H2,1-2H3,(H,28,32)(H,29,33)(H,30,34)/t21?,22-,23?,27?/m0/s1. The fourth-order valence-electron chi connectivity index (χ4n) is 4.98. The number of carbonyl (C=O) groups is 4. The Kier molecular flexibility index (Phi) is 9.69. The van der Waals surface area contributed by atoms with E-state index >= 15 is 0 Å². The van der Waals surface area contributed by atoms with Crippen molar-refractivity contribution in [3.05, 3.63) is 35.9 Å². The van der Waals surface area contributed by atoms with Crippen molar-refractivity contribution in [1.82, 2.24) is 16.0 Å². The summed E-state index contributed by atoms with van der Waals surface area (Å²) in [6.07, 6.45) is 5.52. The minimum atomic E-state index is -1.06. The third-order valence-corrected chi connectivity index (χ3v) is 7.19. The molecular weight excluding hydrogens is 446 g/mol. The van der Waals surface area contributed by atoms with Crippen molar-refractivity contribution < 1.29 is 23.9 Å². The van der Waals surface area contributed by atoms with Gasteiger partial charge in [0, 0.05) is 18.9 Å². The molecule has 8 heteroatoms. The molecular formula is C27H39N3O5. The topological polar surface area (TPSA) is 114 Å². The van der Waals surface area contributed by atoms with Crippen LogP contribution in [0.1, 0.15) is 76.7 Å². The van der Waals surface area contributed by atoms with E-state index in [1.54, 1.807) is 0 Å². The fourth-order valence-corrected chi connectivity index (χ4v) is 4.98. The van der Waals surface area contributed by atoms with Gasteiger partial charge < -0.3 is 25.5 Å². The van der Waals surface area contributed by atoms with Gasteiger partial charge in [-0.05, 0) is 49.5 Å². The lowest BCUT2D eigenvalue weighted by atomic mass is 9.93. The number of alkyl carbamates (subject to hydrolysis) is 1. The van der Waals surface area contributed by atoms with E-state index in [0.717, 1.165) is 31.2 Å². The van der Waals surface area contributed by atoms with Crippen molar-refractivity contribution in [2.75, 3.05) is 13.2 Å². The van der Waals surface area contributed by atoms with Gasteiger partial charge in [0.1, 0.15) is 18.4 Å². The van der Waals surface area contributed by atoms with Gasteiger partial charge in [-0.25, -0.2) is 4.79 Å². The predicted molar refractivity (Wildman–Crippen MR) is 133 cm³/mol. The van der Waals surface area contributed by atoms with Crippen LogP contribution in [-0.4, -0.2) is 48.9 Å². The van der Waals surface area contributed by atoms with E-state index < -0.39 is 17.7 Å². The van der Waals surface area contributed by atoms with Gasteiger partial charge in [0.2, 0.25) is 11.8 Å². The number of benzene rings is 1. The van der Waals surface area contributed by atoms with E-state index in [0.29, 0.717) is 38.5 Å². The number of ether oxygens (including phenoxy) is 1. The van der Waals surface area contributed by atoms with E-state index in [2.05, 4.69) is 16.0 Å². The first kappa shape index (κ1) is 26.7. The number of cyclic esters (lactones) is 1. The fraction of sp³-hybridized carbons (Fsp3) is 0.630. The molecule has 35 heavy (non-hydrogen) atoms. The highest BCUT2D eigenvalue weighted by atomic mass is 16.5. The number of aldehydes is 1. The molecule has 1 aliphatic carbocycles. The van der Waals surface area contributed by atoms with Crippen molar-refractivity contribution in [1.29, 1.82) is 0 Å². The second-order valence-corrected chi connectivity index (χ2v) is 10.2.